The highest BCUT2D eigenvalue weighted by molar-refractivity contribution is 6.32. The van der Waals surface area contributed by atoms with Crippen LogP contribution in [0.2, 0.25) is 0 Å². The molecule has 1 aromatic carbocycles. The van der Waals surface area contributed by atoms with Gasteiger partial charge >= 0.3 is 13.3 Å². The first-order valence-electron chi connectivity index (χ1n) is 8.65. The first-order valence-corrected chi connectivity index (χ1v) is 8.65. The zero-order valence-corrected chi connectivity index (χ0v) is 14.0. The molecule has 1 aromatic rings. The molecule has 4 rings (SSSR count). The topological polar surface area (TPSA) is 91.8 Å². The van der Waals surface area contributed by atoms with Gasteiger partial charge in [0, 0.05) is 24.9 Å². The van der Waals surface area contributed by atoms with Crippen LogP contribution >= 0.6 is 0 Å². The summed E-state index contributed by atoms with van der Waals surface area (Å²) in [6.45, 7) is -0.144. The normalized spacial score (nSPS) is 34.3. The monoisotopic (exact) mass is 347 g/mol. The van der Waals surface area contributed by atoms with E-state index in [1.165, 1.54) is 0 Å². The van der Waals surface area contributed by atoms with Crippen LogP contribution < -0.4 is 0 Å². The fraction of sp³-hybridized carbons (Fsp3) is 0.588. The van der Waals surface area contributed by atoms with Crippen molar-refractivity contribution in [2.24, 2.45) is 0 Å². The van der Waals surface area contributed by atoms with Crippen LogP contribution in [0.25, 0.3) is 0 Å². The molecule has 0 amide bonds. The van der Waals surface area contributed by atoms with Crippen molar-refractivity contribution in [2.45, 2.75) is 49.2 Å². The Labute approximate surface area is 146 Å². The summed E-state index contributed by atoms with van der Waals surface area (Å²) in [6, 6.07) is 9.74. The Bertz CT molecular complexity index is 611. The van der Waals surface area contributed by atoms with Crippen LogP contribution in [-0.2, 0) is 18.9 Å². The van der Waals surface area contributed by atoms with Gasteiger partial charge in [0.15, 0.2) is 0 Å². The summed E-state index contributed by atoms with van der Waals surface area (Å²) in [7, 11) is 0.189. The lowest BCUT2D eigenvalue weighted by Gasteiger charge is -2.38. The molecule has 0 spiro atoms. The molecule has 7 nitrogen and oxygen atoms in total. The number of carbonyl (C=O) groups excluding carboxylic acids is 1. The van der Waals surface area contributed by atoms with Gasteiger partial charge < -0.3 is 24.2 Å². The number of nitrogens with zero attached hydrogens (tertiary/aromatic N) is 1. The number of ether oxygens (including phenoxy) is 2. The van der Waals surface area contributed by atoms with E-state index in [2.05, 4.69) is 11.9 Å². The van der Waals surface area contributed by atoms with Gasteiger partial charge in [-0.25, -0.2) is 0 Å². The van der Waals surface area contributed by atoms with Crippen LogP contribution in [0.3, 0.4) is 0 Å². The van der Waals surface area contributed by atoms with E-state index in [0.29, 0.717) is 12.1 Å². The van der Waals surface area contributed by atoms with Crippen molar-refractivity contribution < 1.29 is 29.0 Å². The van der Waals surface area contributed by atoms with Gasteiger partial charge in [-0.15, -0.1) is 0 Å². The number of hydrogen-bond donors (Lipinski definition) is 2. The van der Waals surface area contributed by atoms with Gasteiger partial charge in [0.25, 0.3) is 0 Å². The summed E-state index contributed by atoms with van der Waals surface area (Å²) < 4.78 is 16.3. The van der Waals surface area contributed by atoms with E-state index in [1.807, 2.05) is 18.2 Å². The van der Waals surface area contributed by atoms with E-state index >= 15 is 0 Å². The van der Waals surface area contributed by atoms with Crippen LogP contribution in [-0.4, -0.2) is 72.3 Å². The molecule has 3 fully saturated rings. The maximum absolute atomic E-state index is 12.7. The first kappa shape index (κ1) is 17.0. The third kappa shape index (κ3) is 3.32. The molecule has 0 aromatic heterocycles. The lowest BCUT2D eigenvalue weighted by atomic mass is 9.97. The summed E-state index contributed by atoms with van der Waals surface area (Å²) in [6.07, 6.45) is 1.98. The number of morpholine rings is 1. The minimum Gasteiger partial charge on any atom is -0.462 e. The van der Waals surface area contributed by atoms with Gasteiger partial charge in [-0.1, -0.05) is 30.3 Å². The van der Waals surface area contributed by atoms with E-state index in [9.17, 15) is 4.79 Å². The molecule has 0 aliphatic carbocycles. The lowest BCUT2D eigenvalue weighted by Crippen LogP contribution is -2.48. The molecule has 3 heterocycles. The average Bonchev–Trinajstić information content (AvgIpc) is 3.34. The van der Waals surface area contributed by atoms with Gasteiger partial charge in [-0.3, -0.25) is 9.69 Å². The molecule has 25 heavy (non-hydrogen) atoms. The number of epoxide rings is 1. The Kier molecular flexibility index (Phi) is 4.55. The highest BCUT2D eigenvalue weighted by Gasteiger charge is 2.62. The summed E-state index contributed by atoms with van der Waals surface area (Å²) in [5.74, 6) is -1.08. The SMILES string of the molecule is CN1[C@@H]2C[C@@H](OC(=O)[C@H](COB(O)O)c3ccccc3)C[C@H]1[C@@H]1O[C@@H]12. The van der Waals surface area contributed by atoms with Crippen LogP contribution in [0.1, 0.15) is 24.3 Å². The third-order valence-electron chi connectivity index (χ3n) is 5.56. The molecule has 0 radical (unpaired) electrons. The molecular formula is C17H22BNO6. The molecule has 6 atom stereocenters. The number of likely N-dealkylation sites (N-methyl/N-ethyl adjacent to an activating group) is 1. The first-order chi connectivity index (χ1) is 12.0. The molecule has 0 saturated carbocycles. The van der Waals surface area contributed by atoms with Crippen molar-refractivity contribution in [3.63, 3.8) is 0 Å². The Morgan fingerprint density at radius 3 is 2.52 bits per heavy atom. The molecule has 134 valence electrons. The number of piperidine rings is 1. The Hall–Kier alpha value is -1.45. The Morgan fingerprint density at radius 1 is 1.28 bits per heavy atom. The predicted octanol–water partition coefficient (Wildman–Crippen LogP) is -0.0881. The number of benzene rings is 1. The second-order valence-corrected chi connectivity index (χ2v) is 7.02. The second-order valence-electron chi connectivity index (χ2n) is 7.02. The maximum Gasteiger partial charge on any atom is 0.633 e. The fourth-order valence-electron chi connectivity index (χ4n) is 4.21. The molecule has 3 saturated heterocycles. The number of fused-ring (bicyclic) bond motifs is 5. The molecular weight excluding hydrogens is 325 g/mol. The quantitative estimate of drug-likeness (QED) is 0.422. The standard InChI is InChI=1S/C17H22BNO6/c1-19-13-7-11(8-14(19)16-15(13)25-16)24-17(20)12(9-23-18(21)22)10-5-3-2-4-6-10/h2-6,11-16,21-22H,7-9H2,1H3/t11-,12-,13-,14+,15-,16+/m1/s1. The van der Waals surface area contributed by atoms with Crippen molar-refractivity contribution in [2.75, 3.05) is 13.7 Å². The highest BCUT2D eigenvalue weighted by Crippen LogP contribution is 2.48. The van der Waals surface area contributed by atoms with E-state index in [4.69, 9.17) is 24.2 Å². The molecule has 2 bridgehead atoms. The number of rotatable bonds is 6. The van der Waals surface area contributed by atoms with Crippen molar-refractivity contribution in [3.8, 4) is 0 Å². The lowest BCUT2D eigenvalue weighted by molar-refractivity contribution is -0.156. The largest absolute Gasteiger partial charge is 0.633 e. The number of esters is 1. The van der Waals surface area contributed by atoms with Crippen LogP contribution in [0.4, 0.5) is 0 Å². The zero-order valence-electron chi connectivity index (χ0n) is 14.0. The fourth-order valence-corrected chi connectivity index (χ4v) is 4.21. The van der Waals surface area contributed by atoms with E-state index in [0.717, 1.165) is 18.4 Å². The van der Waals surface area contributed by atoms with E-state index in [-0.39, 0.29) is 24.9 Å². The number of carbonyl (C=O) groups is 1. The summed E-state index contributed by atoms with van der Waals surface area (Å²) in [5, 5.41) is 17.9. The summed E-state index contributed by atoms with van der Waals surface area (Å²) in [4.78, 5) is 15.1. The van der Waals surface area contributed by atoms with Gasteiger partial charge in [0.1, 0.15) is 24.2 Å². The van der Waals surface area contributed by atoms with Crippen LogP contribution in [0.5, 0.6) is 0 Å². The molecule has 8 heteroatoms. The molecule has 3 aliphatic heterocycles. The minimum atomic E-state index is -1.91. The maximum atomic E-state index is 12.7. The molecule has 0 unspecified atom stereocenters. The highest BCUT2D eigenvalue weighted by atomic mass is 16.6. The molecule has 3 aliphatic rings. The Morgan fingerprint density at radius 2 is 1.92 bits per heavy atom. The number of hydrogen-bond acceptors (Lipinski definition) is 7. The minimum absolute atomic E-state index is 0.139. The van der Waals surface area contributed by atoms with Gasteiger partial charge in [0.2, 0.25) is 0 Å². The van der Waals surface area contributed by atoms with Crippen molar-refractivity contribution in [3.05, 3.63) is 35.9 Å². The second kappa shape index (κ2) is 6.70. The van der Waals surface area contributed by atoms with Gasteiger partial charge in [0.05, 0.1) is 6.61 Å². The third-order valence-corrected chi connectivity index (χ3v) is 5.56. The zero-order chi connectivity index (χ0) is 17.6. The van der Waals surface area contributed by atoms with Gasteiger partial charge in [-0.2, -0.15) is 0 Å². The van der Waals surface area contributed by atoms with Crippen LogP contribution in [0.15, 0.2) is 30.3 Å². The smallest absolute Gasteiger partial charge is 0.462 e. The van der Waals surface area contributed by atoms with Crippen molar-refractivity contribution in [1.29, 1.82) is 0 Å². The summed E-state index contributed by atoms with van der Waals surface area (Å²) in [5.41, 5.74) is 0.732. The molecule has 2 N–H and O–H groups in total. The van der Waals surface area contributed by atoms with E-state index < -0.39 is 19.2 Å². The van der Waals surface area contributed by atoms with Crippen LogP contribution in [0, 0.1) is 0 Å². The van der Waals surface area contributed by atoms with Crippen molar-refractivity contribution in [1.82, 2.24) is 4.90 Å². The average molecular weight is 347 g/mol. The Balaban J connectivity index is 1.42. The van der Waals surface area contributed by atoms with E-state index in [1.54, 1.807) is 12.1 Å². The van der Waals surface area contributed by atoms with Crippen molar-refractivity contribution >= 4 is 13.3 Å². The summed E-state index contributed by atoms with van der Waals surface area (Å²) >= 11 is 0. The predicted molar refractivity (Wildman–Crippen MR) is 88.4 cm³/mol. The van der Waals surface area contributed by atoms with Gasteiger partial charge in [-0.05, 0) is 12.6 Å².